The fourth-order valence-corrected chi connectivity index (χ4v) is 6.08. The maximum absolute atomic E-state index is 12.9. The third-order valence-electron chi connectivity index (χ3n) is 7.14. The molecule has 0 atom stereocenters. The fraction of sp³-hybridized carbons (Fsp3) is 0.406. The van der Waals surface area contributed by atoms with Crippen LogP contribution < -0.4 is 5.32 Å². The summed E-state index contributed by atoms with van der Waals surface area (Å²) >= 11 is 0. The topological polar surface area (TPSA) is 141 Å². The number of nitrogens with one attached hydrogen (secondary N) is 1. The number of amides is 2. The van der Waals surface area contributed by atoms with Gasteiger partial charge in [0.2, 0.25) is 0 Å². The number of pyridine rings is 1. The zero-order valence-corrected chi connectivity index (χ0v) is 26.1. The van der Waals surface area contributed by atoms with E-state index >= 15 is 0 Å². The maximum Gasteiger partial charge on any atom is 0.291 e. The minimum Gasteiger partial charge on any atom is -0.459 e. The molecule has 3 N–H and O–H groups in total. The molecule has 0 radical (unpaired) electrons. The van der Waals surface area contributed by atoms with E-state index in [4.69, 9.17) is 14.3 Å². The van der Waals surface area contributed by atoms with Crippen molar-refractivity contribution in [1.82, 2.24) is 14.8 Å². The Morgan fingerprint density at radius 3 is 2.55 bits per heavy atom. The largest absolute Gasteiger partial charge is 0.459 e. The molecule has 11 nitrogen and oxygen atoms in total. The molecular weight excluding hydrogens is 582 g/mol. The lowest BCUT2D eigenvalue weighted by Crippen LogP contribution is -2.47. The number of furan rings is 1. The molecule has 0 aliphatic carbocycles. The number of aryl methyl sites for hydroxylation is 1. The second kappa shape index (κ2) is 16.4. The van der Waals surface area contributed by atoms with E-state index < -0.39 is 16.0 Å². The number of aliphatic hydroxyl groups excluding tert-OH is 1. The van der Waals surface area contributed by atoms with Gasteiger partial charge in [0.15, 0.2) is 5.76 Å². The zero-order valence-electron chi connectivity index (χ0n) is 25.2. The number of piperazine rings is 1. The van der Waals surface area contributed by atoms with E-state index in [1.54, 1.807) is 49.7 Å². The van der Waals surface area contributed by atoms with Gasteiger partial charge < -0.3 is 29.0 Å². The lowest BCUT2D eigenvalue weighted by atomic mass is 10.1. The van der Waals surface area contributed by atoms with Gasteiger partial charge in [-0.1, -0.05) is 17.9 Å². The van der Waals surface area contributed by atoms with Crippen molar-refractivity contribution in [2.45, 2.75) is 13.3 Å². The van der Waals surface area contributed by atoms with Crippen LogP contribution in [0, 0.1) is 18.8 Å². The van der Waals surface area contributed by atoms with Crippen LogP contribution in [0.1, 0.15) is 44.0 Å². The highest BCUT2D eigenvalue weighted by Gasteiger charge is 2.17. The summed E-state index contributed by atoms with van der Waals surface area (Å²) in [5.74, 6) is 5.93. The number of carbonyl (C=O) groups excluding carboxylic acids is 2. The van der Waals surface area contributed by atoms with E-state index in [0.29, 0.717) is 35.8 Å². The van der Waals surface area contributed by atoms with Crippen molar-refractivity contribution in [3.63, 3.8) is 0 Å². The van der Waals surface area contributed by atoms with Gasteiger partial charge in [-0.15, -0.1) is 10.1 Å². The Kier molecular flexibility index (Phi) is 12.4. The van der Waals surface area contributed by atoms with Gasteiger partial charge in [0.25, 0.3) is 11.8 Å². The SMILES string of the molecule is Cc1ccoc1C(=O)Nc1cccc(C#Cc2cncc(C(=O)N=[SH](C)(O)CCCN3CCN(CCOCCO)CC3)c2)c1. The van der Waals surface area contributed by atoms with Gasteiger partial charge in [-0.2, -0.15) is 4.36 Å². The average molecular weight is 624 g/mol. The molecule has 236 valence electrons. The highest BCUT2D eigenvalue weighted by atomic mass is 32.3. The van der Waals surface area contributed by atoms with Crippen LogP contribution in [0.3, 0.4) is 0 Å². The Morgan fingerprint density at radius 1 is 1.07 bits per heavy atom. The molecule has 1 saturated heterocycles. The number of hydrogen-bond donors (Lipinski definition) is 4. The lowest BCUT2D eigenvalue weighted by Gasteiger charge is -2.34. The zero-order chi connectivity index (χ0) is 31.4. The summed E-state index contributed by atoms with van der Waals surface area (Å²) in [5.41, 5.74) is 2.80. The minimum absolute atomic E-state index is 0.0457. The molecule has 0 spiro atoms. The summed E-state index contributed by atoms with van der Waals surface area (Å²) in [6.07, 6.45) is 6.87. The number of aliphatic hydroxyl groups is 1. The standard InChI is InChI=1S/C32H41N5O6S/c1-25-9-17-43-30(25)32(40)34-29-6-3-5-26(22-29)7-8-27-21-28(24-33-23-27)31(39)35-44(2,41)20-4-10-36-11-13-37(14-12-36)15-18-42-19-16-38/h3,5-6,9,17,21-24,38,44H,4,10-16,18-20H2,1-2H3,(H,34,40)(H,35,39,41). The Hall–Kier alpha value is -3.70. The number of anilines is 1. The van der Waals surface area contributed by atoms with Crippen molar-refractivity contribution >= 4 is 27.6 Å². The summed E-state index contributed by atoms with van der Waals surface area (Å²) < 4.78 is 25.7. The van der Waals surface area contributed by atoms with Crippen molar-refractivity contribution in [3.05, 3.63) is 83.1 Å². The van der Waals surface area contributed by atoms with Crippen molar-refractivity contribution in [3.8, 4) is 11.8 Å². The molecule has 44 heavy (non-hydrogen) atoms. The summed E-state index contributed by atoms with van der Waals surface area (Å²) in [6.45, 7) is 8.34. The van der Waals surface area contributed by atoms with Crippen LogP contribution in [0.2, 0.25) is 0 Å². The molecular formula is C32H41N5O6S. The number of hydrogen-bond acceptors (Lipinski definition) is 8. The van der Waals surface area contributed by atoms with Crippen LogP contribution in [-0.2, 0) is 14.8 Å². The molecule has 3 heterocycles. The van der Waals surface area contributed by atoms with E-state index in [2.05, 4.69) is 36.3 Å². The molecule has 0 unspecified atom stereocenters. The molecule has 4 rings (SSSR count). The van der Waals surface area contributed by atoms with Crippen LogP contribution in [0.25, 0.3) is 0 Å². The molecule has 0 saturated carbocycles. The first-order chi connectivity index (χ1) is 21.2. The molecule has 2 amide bonds. The predicted molar refractivity (Wildman–Crippen MR) is 172 cm³/mol. The second-order valence-electron chi connectivity index (χ2n) is 10.8. The molecule has 12 heteroatoms. The Bertz CT molecular complexity index is 1530. The summed E-state index contributed by atoms with van der Waals surface area (Å²) in [6, 6.07) is 10.5. The van der Waals surface area contributed by atoms with Crippen LogP contribution >= 0.6 is 0 Å². The van der Waals surface area contributed by atoms with E-state index in [0.717, 1.165) is 51.3 Å². The van der Waals surface area contributed by atoms with Crippen molar-refractivity contribution in [1.29, 1.82) is 0 Å². The third-order valence-corrected chi connectivity index (χ3v) is 8.92. The van der Waals surface area contributed by atoms with Gasteiger partial charge >= 0.3 is 0 Å². The first-order valence-corrected chi connectivity index (χ1v) is 17.0. The number of carbonyl (C=O) groups is 2. The second-order valence-corrected chi connectivity index (χ2v) is 13.6. The predicted octanol–water partition coefficient (Wildman–Crippen LogP) is 2.96. The molecule has 3 aromatic rings. The number of thiol groups is 1. The first kappa shape index (κ1) is 33.2. The van der Waals surface area contributed by atoms with Crippen LogP contribution in [0.5, 0.6) is 0 Å². The Balaban J connectivity index is 1.28. The minimum atomic E-state index is -2.79. The van der Waals surface area contributed by atoms with E-state index in [1.165, 1.54) is 12.5 Å². The van der Waals surface area contributed by atoms with Crippen molar-refractivity contribution in [2.24, 2.45) is 4.36 Å². The van der Waals surface area contributed by atoms with E-state index in [-0.39, 0.29) is 23.8 Å². The third kappa shape index (κ3) is 10.5. The quantitative estimate of drug-likeness (QED) is 0.136. The average Bonchev–Trinajstić information content (AvgIpc) is 3.45. The number of rotatable bonds is 12. The number of ether oxygens (including phenoxy) is 1. The molecule has 2 aromatic heterocycles. The summed E-state index contributed by atoms with van der Waals surface area (Å²) in [7, 11) is -2.79. The van der Waals surface area contributed by atoms with Gasteiger partial charge in [0.05, 0.1) is 31.6 Å². The molecule has 1 aliphatic heterocycles. The highest BCUT2D eigenvalue weighted by molar-refractivity contribution is 7.99. The normalized spacial score (nSPS) is 14.5. The number of aromatic nitrogens is 1. The van der Waals surface area contributed by atoms with Gasteiger partial charge in [0, 0.05) is 73.2 Å². The van der Waals surface area contributed by atoms with Crippen LogP contribution in [-0.4, -0.2) is 107 Å². The van der Waals surface area contributed by atoms with Crippen LogP contribution in [0.4, 0.5) is 5.69 Å². The van der Waals surface area contributed by atoms with Crippen molar-refractivity contribution < 1.29 is 28.4 Å². The number of nitrogens with zero attached hydrogens (tertiary/aromatic N) is 4. The van der Waals surface area contributed by atoms with E-state index in [1.807, 2.05) is 6.07 Å². The van der Waals surface area contributed by atoms with Gasteiger partial charge in [-0.25, -0.2) is 0 Å². The molecule has 1 aromatic carbocycles. The maximum atomic E-state index is 12.9. The van der Waals surface area contributed by atoms with Gasteiger partial charge in [0.1, 0.15) is 0 Å². The lowest BCUT2D eigenvalue weighted by molar-refractivity contribution is 0.0577. The van der Waals surface area contributed by atoms with E-state index in [9.17, 15) is 14.1 Å². The summed E-state index contributed by atoms with van der Waals surface area (Å²) in [5, 5.41) is 11.6. The molecule has 0 bridgehead atoms. The molecule has 1 aliphatic rings. The fourth-order valence-electron chi connectivity index (χ4n) is 4.73. The smallest absolute Gasteiger partial charge is 0.291 e. The first-order valence-electron chi connectivity index (χ1n) is 14.6. The molecule has 1 fully saturated rings. The van der Waals surface area contributed by atoms with Crippen molar-refractivity contribution in [2.75, 3.05) is 76.4 Å². The Labute approximate surface area is 259 Å². The van der Waals surface area contributed by atoms with Crippen LogP contribution in [0.15, 0.2) is 63.8 Å². The van der Waals surface area contributed by atoms with Gasteiger partial charge in [-0.3, -0.25) is 19.5 Å². The summed E-state index contributed by atoms with van der Waals surface area (Å²) in [4.78, 5) is 34.2. The highest BCUT2D eigenvalue weighted by Crippen LogP contribution is 2.15. The Morgan fingerprint density at radius 2 is 1.82 bits per heavy atom. The monoisotopic (exact) mass is 623 g/mol. The number of benzene rings is 1. The van der Waals surface area contributed by atoms with Gasteiger partial charge in [-0.05, 0) is 56.5 Å².